The number of quaternary nitrogens is 1. The van der Waals surface area contributed by atoms with E-state index in [4.69, 9.17) is 5.11 Å². The van der Waals surface area contributed by atoms with Gasteiger partial charge >= 0.3 is 5.97 Å². The second-order valence-corrected chi connectivity index (χ2v) is 9.14. The number of hydrogen-bond donors (Lipinski definition) is 2. The molecule has 2 N–H and O–H groups in total. The van der Waals surface area contributed by atoms with E-state index in [1.807, 2.05) is 21.1 Å². The van der Waals surface area contributed by atoms with Crippen molar-refractivity contribution >= 4 is 11.8 Å². The molecule has 5 heteroatoms. The van der Waals surface area contributed by atoms with Crippen LogP contribution in [0.5, 0.6) is 0 Å². The Morgan fingerprint density at radius 3 is 1.75 bits per heavy atom. The average molecular weight is 399 g/mol. The van der Waals surface area contributed by atoms with Crippen LogP contribution >= 0.6 is 0 Å². The van der Waals surface area contributed by atoms with Gasteiger partial charge in [-0.2, -0.15) is 0 Å². The van der Waals surface area contributed by atoms with Crippen LogP contribution in [0.3, 0.4) is 0 Å². The molecule has 28 heavy (non-hydrogen) atoms. The normalized spacial score (nSPS) is 14.3. The molecular formula is C23H44NO4+. The highest BCUT2D eigenvalue weighted by Crippen LogP contribution is 2.17. The summed E-state index contributed by atoms with van der Waals surface area (Å²) in [5.41, 5.74) is -1.85. The van der Waals surface area contributed by atoms with Gasteiger partial charge in [0, 0.05) is 0 Å². The Morgan fingerprint density at radius 2 is 1.32 bits per heavy atom. The van der Waals surface area contributed by atoms with Gasteiger partial charge in [0.2, 0.25) is 0 Å². The van der Waals surface area contributed by atoms with Crippen molar-refractivity contribution in [2.45, 2.75) is 96.0 Å². The van der Waals surface area contributed by atoms with E-state index in [9.17, 15) is 14.7 Å². The van der Waals surface area contributed by atoms with Gasteiger partial charge < -0.3 is 14.7 Å². The molecule has 0 aliphatic carbocycles. The zero-order chi connectivity index (χ0) is 21.5. The number of hydrogen-bond acceptors (Lipinski definition) is 3. The number of aliphatic carboxylic acids is 1. The third-order valence-corrected chi connectivity index (χ3v) is 4.88. The van der Waals surface area contributed by atoms with Crippen molar-refractivity contribution in [3.63, 3.8) is 0 Å². The number of carboxylic acid groups (broad SMARTS) is 1. The van der Waals surface area contributed by atoms with E-state index in [-0.39, 0.29) is 6.54 Å². The van der Waals surface area contributed by atoms with Gasteiger partial charge in [0.05, 0.1) is 27.6 Å². The predicted molar refractivity (Wildman–Crippen MR) is 115 cm³/mol. The molecule has 0 aliphatic heterocycles. The van der Waals surface area contributed by atoms with Crippen molar-refractivity contribution in [3.05, 3.63) is 12.2 Å². The lowest BCUT2D eigenvalue weighted by Gasteiger charge is -2.33. The summed E-state index contributed by atoms with van der Waals surface area (Å²) in [6.45, 7) is 2.31. The molecule has 164 valence electrons. The van der Waals surface area contributed by atoms with Crippen LogP contribution in [-0.2, 0) is 9.59 Å². The number of nitrogens with zero attached hydrogens (tertiary/aromatic N) is 1. The highest BCUT2D eigenvalue weighted by Gasteiger charge is 2.41. The van der Waals surface area contributed by atoms with Gasteiger partial charge in [-0.3, -0.25) is 9.59 Å². The molecule has 0 aromatic carbocycles. The average Bonchev–Trinajstić information content (AvgIpc) is 2.56. The zero-order valence-corrected chi connectivity index (χ0v) is 18.7. The van der Waals surface area contributed by atoms with Crippen LogP contribution in [0.25, 0.3) is 0 Å². The Hall–Kier alpha value is -1.20. The first-order valence-corrected chi connectivity index (χ1v) is 11.1. The number of rotatable bonds is 18. The maximum atomic E-state index is 12.4. The summed E-state index contributed by atoms with van der Waals surface area (Å²) < 4.78 is 0.321. The van der Waals surface area contributed by atoms with E-state index in [0.29, 0.717) is 4.48 Å². The molecule has 0 spiro atoms. The molecule has 0 saturated carbocycles. The summed E-state index contributed by atoms with van der Waals surface area (Å²) in [5.74, 6) is -1.67. The van der Waals surface area contributed by atoms with Crippen LogP contribution in [0.1, 0.15) is 90.4 Å². The molecule has 0 aromatic heterocycles. The van der Waals surface area contributed by atoms with E-state index in [1.54, 1.807) is 6.08 Å². The maximum Gasteiger partial charge on any atom is 0.307 e. The fraction of sp³-hybridized carbons (Fsp3) is 0.826. The molecule has 5 nitrogen and oxygen atoms in total. The van der Waals surface area contributed by atoms with Gasteiger partial charge in [-0.05, 0) is 18.9 Å². The largest absolute Gasteiger partial charge is 0.481 e. The Balaban J connectivity index is 4.00. The molecule has 1 unspecified atom stereocenters. The first-order valence-electron chi connectivity index (χ1n) is 11.1. The number of aliphatic hydroxyl groups is 1. The van der Waals surface area contributed by atoms with Crippen molar-refractivity contribution in [2.75, 3.05) is 27.7 Å². The van der Waals surface area contributed by atoms with Crippen molar-refractivity contribution in [3.8, 4) is 0 Å². The molecule has 0 aliphatic rings. The van der Waals surface area contributed by atoms with Crippen molar-refractivity contribution in [2.24, 2.45) is 0 Å². The fourth-order valence-electron chi connectivity index (χ4n) is 3.53. The number of allylic oxidation sites excluding steroid dienone is 1. The minimum absolute atomic E-state index is 0.0704. The topological polar surface area (TPSA) is 74.6 Å². The molecule has 0 bridgehead atoms. The van der Waals surface area contributed by atoms with Crippen molar-refractivity contribution in [1.29, 1.82) is 0 Å². The first kappa shape index (κ1) is 26.8. The Morgan fingerprint density at radius 1 is 0.857 bits per heavy atom. The monoisotopic (exact) mass is 398 g/mol. The SMILES string of the molecule is CCCCCCCCCCCCC/C=C/C(=O)C(O)(CC(=O)O)C[N+](C)(C)C. The second kappa shape index (κ2) is 14.7. The molecule has 0 fully saturated rings. The smallest absolute Gasteiger partial charge is 0.307 e. The van der Waals surface area contributed by atoms with E-state index in [0.717, 1.165) is 19.3 Å². The van der Waals surface area contributed by atoms with Crippen LogP contribution in [0.4, 0.5) is 0 Å². The minimum Gasteiger partial charge on any atom is -0.481 e. The lowest BCUT2D eigenvalue weighted by molar-refractivity contribution is -0.875. The third kappa shape index (κ3) is 14.8. The lowest BCUT2D eigenvalue weighted by Crippen LogP contribution is -2.54. The van der Waals surface area contributed by atoms with Crippen LogP contribution in [0, 0.1) is 0 Å². The highest BCUT2D eigenvalue weighted by molar-refractivity contribution is 5.99. The standard InChI is InChI=1S/C23H43NO4/c1-5-6-7-8-9-10-11-12-13-14-15-16-17-18-21(25)23(28,19-22(26)27)20-24(2,3)4/h17-18,28H,5-16,19-20H2,1-4H3/p+1/b18-17+. The molecule has 0 radical (unpaired) electrons. The summed E-state index contributed by atoms with van der Waals surface area (Å²) in [4.78, 5) is 23.4. The zero-order valence-electron chi connectivity index (χ0n) is 18.7. The number of carbonyl (C=O) groups excluding carboxylic acids is 1. The van der Waals surface area contributed by atoms with Gasteiger partial charge in [-0.15, -0.1) is 0 Å². The van der Waals surface area contributed by atoms with Gasteiger partial charge in [0.15, 0.2) is 11.4 Å². The van der Waals surface area contributed by atoms with E-state index < -0.39 is 23.8 Å². The van der Waals surface area contributed by atoms with E-state index >= 15 is 0 Å². The van der Waals surface area contributed by atoms with Crippen LogP contribution < -0.4 is 0 Å². The van der Waals surface area contributed by atoms with Crippen LogP contribution in [0.2, 0.25) is 0 Å². The second-order valence-electron chi connectivity index (χ2n) is 9.14. The molecule has 0 aromatic rings. The van der Waals surface area contributed by atoms with Gasteiger partial charge in [-0.1, -0.05) is 77.2 Å². The van der Waals surface area contributed by atoms with Crippen molar-refractivity contribution in [1.82, 2.24) is 0 Å². The molecular weight excluding hydrogens is 354 g/mol. The molecule has 0 rings (SSSR count). The molecule has 0 saturated heterocycles. The van der Waals surface area contributed by atoms with Crippen LogP contribution in [0.15, 0.2) is 12.2 Å². The van der Waals surface area contributed by atoms with Gasteiger partial charge in [0.25, 0.3) is 0 Å². The predicted octanol–water partition coefficient (Wildman–Crippen LogP) is 4.72. The molecule has 1 atom stereocenters. The third-order valence-electron chi connectivity index (χ3n) is 4.88. The summed E-state index contributed by atoms with van der Waals surface area (Å²) >= 11 is 0. The van der Waals surface area contributed by atoms with Crippen molar-refractivity contribution < 1.29 is 24.3 Å². The minimum atomic E-state index is -1.85. The van der Waals surface area contributed by atoms with Gasteiger partial charge in [-0.25, -0.2) is 0 Å². The number of ketones is 1. The fourth-order valence-corrected chi connectivity index (χ4v) is 3.53. The number of carboxylic acids is 1. The Bertz CT molecular complexity index is 468. The van der Waals surface area contributed by atoms with E-state index in [2.05, 4.69) is 6.92 Å². The summed E-state index contributed by atoms with van der Waals surface area (Å²) in [6.07, 6.45) is 17.4. The first-order chi connectivity index (χ1) is 13.1. The van der Waals surface area contributed by atoms with Gasteiger partial charge in [0.1, 0.15) is 6.54 Å². The Labute approximate surface area is 172 Å². The maximum absolute atomic E-state index is 12.4. The summed E-state index contributed by atoms with van der Waals surface area (Å²) in [7, 11) is 5.49. The number of likely N-dealkylation sites (N-methyl/N-ethyl adjacent to an activating group) is 1. The number of carbonyl (C=O) groups is 2. The summed E-state index contributed by atoms with van der Waals surface area (Å²) in [6, 6.07) is 0. The Kier molecular flexibility index (Phi) is 14.1. The molecule has 0 heterocycles. The quantitative estimate of drug-likeness (QED) is 0.199. The highest BCUT2D eigenvalue weighted by atomic mass is 16.4. The lowest BCUT2D eigenvalue weighted by atomic mass is 9.92. The van der Waals surface area contributed by atoms with Crippen LogP contribution in [-0.4, -0.2) is 59.7 Å². The van der Waals surface area contributed by atoms with E-state index in [1.165, 1.54) is 63.9 Å². The molecule has 0 amide bonds. The number of unbranched alkanes of at least 4 members (excludes halogenated alkanes) is 11. The summed E-state index contributed by atoms with van der Waals surface area (Å²) in [5, 5.41) is 19.6.